The molecular formula is C9H12N4. The van der Waals surface area contributed by atoms with Crippen molar-refractivity contribution in [3.05, 3.63) is 35.9 Å². The summed E-state index contributed by atoms with van der Waals surface area (Å²) >= 11 is 0. The molecule has 0 aliphatic heterocycles. The summed E-state index contributed by atoms with van der Waals surface area (Å²) in [5, 5.41) is 10.7. The molecule has 0 aromatic heterocycles. The molecule has 0 radical (unpaired) electrons. The van der Waals surface area contributed by atoms with E-state index in [0.717, 1.165) is 5.56 Å². The lowest BCUT2D eigenvalue weighted by Gasteiger charge is -2.09. The lowest BCUT2D eigenvalue weighted by Crippen LogP contribution is -2.22. The number of nitrogens with two attached hydrogens (primary N) is 2. The van der Waals surface area contributed by atoms with Gasteiger partial charge in [0.15, 0.2) is 0 Å². The third kappa shape index (κ3) is 2.30. The third-order valence-corrected chi connectivity index (χ3v) is 1.73. The molecule has 0 fully saturated rings. The monoisotopic (exact) mass is 176 g/mol. The zero-order valence-electron chi connectivity index (χ0n) is 7.14. The Morgan fingerprint density at radius 2 is 2.00 bits per heavy atom. The fourth-order valence-electron chi connectivity index (χ4n) is 1.09. The summed E-state index contributed by atoms with van der Waals surface area (Å²) in [5.74, 6) is 4.75. The zero-order valence-corrected chi connectivity index (χ0v) is 7.14. The molecule has 0 saturated carbocycles. The molecule has 68 valence electrons. The van der Waals surface area contributed by atoms with Gasteiger partial charge in [0, 0.05) is 6.21 Å². The Hall–Kier alpha value is -1.84. The Kier molecular flexibility index (Phi) is 3.03. The van der Waals surface area contributed by atoms with Crippen molar-refractivity contribution in [3.63, 3.8) is 0 Å². The SMILES string of the molecule is N=C(N)C(C=NN)c1ccccc1. The van der Waals surface area contributed by atoms with Gasteiger partial charge < -0.3 is 11.6 Å². The summed E-state index contributed by atoms with van der Waals surface area (Å²) in [6, 6.07) is 9.44. The van der Waals surface area contributed by atoms with Crippen LogP contribution in [0, 0.1) is 5.41 Å². The maximum atomic E-state index is 7.32. The van der Waals surface area contributed by atoms with Crippen LogP contribution in [0.2, 0.25) is 0 Å². The molecule has 13 heavy (non-hydrogen) atoms. The molecule has 4 heteroatoms. The van der Waals surface area contributed by atoms with Crippen molar-refractivity contribution in [1.29, 1.82) is 5.41 Å². The summed E-state index contributed by atoms with van der Waals surface area (Å²) < 4.78 is 0. The van der Waals surface area contributed by atoms with Gasteiger partial charge in [-0.3, -0.25) is 5.41 Å². The summed E-state index contributed by atoms with van der Waals surface area (Å²) in [6.07, 6.45) is 1.46. The van der Waals surface area contributed by atoms with E-state index in [9.17, 15) is 0 Å². The molecule has 0 aliphatic carbocycles. The van der Waals surface area contributed by atoms with Gasteiger partial charge in [0.25, 0.3) is 0 Å². The van der Waals surface area contributed by atoms with E-state index in [1.54, 1.807) is 0 Å². The first-order valence-electron chi connectivity index (χ1n) is 3.88. The molecule has 0 spiro atoms. The lowest BCUT2D eigenvalue weighted by atomic mass is 10.00. The van der Waals surface area contributed by atoms with Crippen molar-refractivity contribution in [3.8, 4) is 0 Å². The second-order valence-corrected chi connectivity index (χ2v) is 2.64. The van der Waals surface area contributed by atoms with Crippen LogP contribution in [0.15, 0.2) is 35.4 Å². The van der Waals surface area contributed by atoms with Crippen LogP contribution in [0.5, 0.6) is 0 Å². The number of hydrazone groups is 1. The predicted octanol–water partition coefficient (Wildman–Crippen LogP) is 0.651. The second-order valence-electron chi connectivity index (χ2n) is 2.64. The topological polar surface area (TPSA) is 88.2 Å². The molecular weight excluding hydrogens is 164 g/mol. The van der Waals surface area contributed by atoms with Gasteiger partial charge in [0.2, 0.25) is 0 Å². The molecule has 4 nitrogen and oxygen atoms in total. The smallest absolute Gasteiger partial charge is 0.104 e. The summed E-state index contributed by atoms with van der Waals surface area (Å²) in [4.78, 5) is 0. The molecule has 1 unspecified atom stereocenters. The Balaban J connectivity index is 2.96. The van der Waals surface area contributed by atoms with Gasteiger partial charge in [-0.05, 0) is 5.56 Å². The largest absolute Gasteiger partial charge is 0.387 e. The molecule has 1 rings (SSSR count). The Labute approximate surface area is 76.8 Å². The minimum Gasteiger partial charge on any atom is -0.387 e. The highest BCUT2D eigenvalue weighted by Gasteiger charge is 2.10. The maximum absolute atomic E-state index is 7.32. The fourth-order valence-corrected chi connectivity index (χ4v) is 1.09. The van der Waals surface area contributed by atoms with Crippen molar-refractivity contribution in [1.82, 2.24) is 0 Å². The van der Waals surface area contributed by atoms with Gasteiger partial charge in [-0.1, -0.05) is 30.3 Å². The first-order valence-corrected chi connectivity index (χ1v) is 3.88. The van der Waals surface area contributed by atoms with Gasteiger partial charge in [-0.2, -0.15) is 5.10 Å². The molecule has 0 amide bonds. The van der Waals surface area contributed by atoms with E-state index < -0.39 is 0 Å². The Morgan fingerprint density at radius 3 is 2.46 bits per heavy atom. The predicted molar refractivity (Wildman–Crippen MR) is 53.8 cm³/mol. The van der Waals surface area contributed by atoms with Crippen LogP contribution < -0.4 is 11.6 Å². The second kappa shape index (κ2) is 4.25. The van der Waals surface area contributed by atoms with Crippen LogP contribution >= 0.6 is 0 Å². The average molecular weight is 176 g/mol. The maximum Gasteiger partial charge on any atom is 0.104 e. The fraction of sp³-hybridized carbons (Fsp3) is 0.111. The van der Waals surface area contributed by atoms with Gasteiger partial charge in [0.05, 0.1) is 5.92 Å². The van der Waals surface area contributed by atoms with E-state index in [-0.39, 0.29) is 11.8 Å². The average Bonchev–Trinajstić information content (AvgIpc) is 2.15. The minimum absolute atomic E-state index is 0.0420. The van der Waals surface area contributed by atoms with E-state index >= 15 is 0 Å². The summed E-state index contributed by atoms with van der Waals surface area (Å²) in [7, 11) is 0. The number of hydrogen-bond acceptors (Lipinski definition) is 3. The van der Waals surface area contributed by atoms with E-state index in [1.807, 2.05) is 30.3 Å². The number of nitrogens with one attached hydrogen (secondary N) is 1. The first-order chi connectivity index (χ1) is 6.25. The lowest BCUT2D eigenvalue weighted by molar-refractivity contribution is 1.14. The molecule has 0 aliphatic rings. The van der Waals surface area contributed by atoms with Crippen molar-refractivity contribution in [2.45, 2.75) is 5.92 Å². The molecule has 0 saturated heterocycles. The summed E-state index contributed by atoms with van der Waals surface area (Å²) in [6.45, 7) is 0. The molecule has 0 bridgehead atoms. The Bertz CT molecular complexity index is 305. The quantitative estimate of drug-likeness (QED) is 0.273. The standard InChI is InChI=1S/C9H12N4/c10-9(11)8(6-13-12)7-4-2-1-3-5-7/h1-6,8H,12H2,(H3,10,11). The minimum atomic E-state index is -0.314. The van der Waals surface area contributed by atoms with Crippen LogP contribution in [-0.2, 0) is 0 Å². The van der Waals surface area contributed by atoms with Crippen molar-refractivity contribution < 1.29 is 0 Å². The normalized spacial score (nSPS) is 12.9. The van der Waals surface area contributed by atoms with Gasteiger partial charge in [-0.15, -0.1) is 0 Å². The van der Waals surface area contributed by atoms with Crippen LogP contribution in [-0.4, -0.2) is 12.1 Å². The highest BCUT2D eigenvalue weighted by Crippen LogP contribution is 2.12. The highest BCUT2D eigenvalue weighted by molar-refractivity contribution is 5.99. The van der Waals surface area contributed by atoms with Crippen molar-refractivity contribution >= 4 is 12.1 Å². The van der Waals surface area contributed by atoms with E-state index in [4.69, 9.17) is 17.0 Å². The molecule has 1 atom stereocenters. The number of amidine groups is 1. The number of benzene rings is 1. The molecule has 1 aromatic rings. The summed E-state index contributed by atoms with van der Waals surface area (Å²) in [5.41, 5.74) is 6.31. The van der Waals surface area contributed by atoms with E-state index in [1.165, 1.54) is 6.21 Å². The first kappa shape index (κ1) is 9.25. The van der Waals surface area contributed by atoms with Crippen molar-refractivity contribution in [2.75, 3.05) is 0 Å². The highest BCUT2D eigenvalue weighted by atomic mass is 15.1. The van der Waals surface area contributed by atoms with Crippen LogP contribution in [0.4, 0.5) is 0 Å². The zero-order chi connectivity index (χ0) is 9.68. The van der Waals surface area contributed by atoms with E-state index in [2.05, 4.69) is 5.10 Å². The number of rotatable bonds is 3. The number of hydrogen-bond donors (Lipinski definition) is 3. The Morgan fingerprint density at radius 1 is 1.38 bits per heavy atom. The third-order valence-electron chi connectivity index (χ3n) is 1.73. The number of nitrogens with zero attached hydrogens (tertiary/aromatic N) is 1. The molecule has 5 N–H and O–H groups in total. The molecule has 0 heterocycles. The van der Waals surface area contributed by atoms with Gasteiger partial charge in [-0.25, -0.2) is 0 Å². The van der Waals surface area contributed by atoms with Crippen LogP contribution in [0.3, 0.4) is 0 Å². The van der Waals surface area contributed by atoms with Crippen molar-refractivity contribution in [2.24, 2.45) is 16.7 Å². The van der Waals surface area contributed by atoms with Crippen LogP contribution in [0.1, 0.15) is 11.5 Å². The van der Waals surface area contributed by atoms with Gasteiger partial charge in [0.1, 0.15) is 5.84 Å². The van der Waals surface area contributed by atoms with E-state index in [0.29, 0.717) is 0 Å². The van der Waals surface area contributed by atoms with Gasteiger partial charge >= 0.3 is 0 Å². The van der Waals surface area contributed by atoms with Crippen LogP contribution in [0.25, 0.3) is 0 Å². The molecule has 1 aromatic carbocycles.